The molecule has 4 nitrogen and oxygen atoms in total. The number of alkyl halides is 3. The highest BCUT2D eigenvalue weighted by Gasteiger charge is 2.32. The fourth-order valence-corrected chi connectivity index (χ4v) is 3.84. The second-order valence-corrected chi connectivity index (χ2v) is 7.69. The molecule has 0 saturated carbocycles. The van der Waals surface area contributed by atoms with Crippen LogP contribution in [0.15, 0.2) is 65.9 Å². The van der Waals surface area contributed by atoms with E-state index in [0.29, 0.717) is 21.5 Å². The summed E-state index contributed by atoms with van der Waals surface area (Å²) in [6, 6.07) is 13.0. The van der Waals surface area contributed by atoms with Gasteiger partial charge in [-0.15, -0.1) is 13.2 Å². The van der Waals surface area contributed by atoms with Gasteiger partial charge in [-0.25, -0.2) is 4.99 Å². The monoisotopic (exact) mass is 466 g/mol. The molecule has 0 unspecified atom stereocenters. The predicted molar refractivity (Wildman–Crippen MR) is 113 cm³/mol. The molecule has 2 heterocycles. The van der Waals surface area contributed by atoms with E-state index < -0.39 is 6.36 Å². The highest BCUT2D eigenvalue weighted by molar-refractivity contribution is 6.39. The number of rotatable bonds is 4. The molecule has 0 N–H and O–H groups in total. The van der Waals surface area contributed by atoms with E-state index in [1.54, 1.807) is 12.1 Å². The lowest BCUT2D eigenvalue weighted by Crippen LogP contribution is -2.16. The first-order valence-electron chi connectivity index (χ1n) is 9.21. The smallest absolute Gasteiger partial charge is 0.472 e. The molecule has 0 spiro atoms. The second kappa shape index (κ2) is 8.40. The Morgan fingerprint density at radius 1 is 0.903 bits per heavy atom. The summed E-state index contributed by atoms with van der Waals surface area (Å²) in [6.45, 7) is 1.90. The van der Waals surface area contributed by atoms with E-state index in [-0.39, 0.29) is 17.9 Å². The van der Waals surface area contributed by atoms with Gasteiger partial charge in [-0.2, -0.15) is 0 Å². The van der Waals surface area contributed by atoms with Crippen molar-refractivity contribution in [1.82, 2.24) is 4.98 Å². The molecule has 0 amide bonds. The highest BCUT2D eigenvalue weighted by atomic mass is 35.5. The summed E-state index contributed by atoms with van der Waals surface area (Å²) in [7, 11) is 0. The van der Waals surface area contributed by atoms with Crippen LogP contribution in [-0.4, -0.2) is 23.3 Å². The molecule has 2 atom stereocenters. The van der Waals surface area contributed by atoms with Crippen molar-refractivity contribution in [2.75, 3.05) is 0 Å². The van der Waals surface area contributed by atoms with Crippen LogP contribution in [0.3, 0.4) is 0 Å². The Bertz CT molecular complexity index is 1100. The Morgan fingerprint density at radius 3 is 2.00 bits per heavy atom. The van der Waals surface area contributed by atoms with E-state index in [9.17, 15) is 13.2 Å². The van der Waals surface area contributed by atoms with Crippen molar-refractivity contribution in [3.63, 3.8) is 0 Å². The minimum Gasteiger partial charge on any atom is -0.472 e. The van der Waals surface area contributed by atoms with Crippen LogP contribution in [0.2, 0.25) is 10.0 Å². The molecule has 0 aliphatic carbocycles. The second-order valence-electron chi connectivity index (χ2n) is 6.87. The lowest BCUT2D eigenvalue weighted by molar-refractivity contribution is -0.274. The summed E-state index contributed by atoms with van der Waals surface area (Å²) in [5, 5.41) is 0.708. The molecule has 9 heteroatoms. The third-order valence-electron chi connectivity index (χ3n) is 4.74. The van der Waals surface area contributed by atoms with E-state index in [1.807, 2.05) is 31.2 Å². The van der Waals surface area contributed by atoms with Gasteiger partial charge >= 0.3 is 6.36 Å². The summed E-state index contributed by atoms with van der Waals surface area (Å²) < 4.78 is 46.7. The first-order chi connectivity index (χ1) is 14.7. The Kier molecular flexibility index (Phi) is 5.81. The van der Waals surface area contributed by atoms with Crippen molar-refractivity contribution in [1.29, 1.82) is 0 Å². The summed E-state index contributed by atoms with van der Waals surface area (Å²) in [5.41, 5.74) is 3.03. The van der Waals surface area contributed by atoms with E-state index in [4.69, 9.17) is 27.9 Å². The summed E-state index contributed by atoms with van der Waals surface area (Å²) in [6.07, 6.45) is -1.99. The van der Waals surface area contributed by atoms with E-state index >= 15 is 0 Å². The molecular weight excluding hydrogens is 452 g/mol. The number of halogens is 5. The van der Waals surface area contributed by atoms with Crippen LogP contribution in [0.1, 0.15) is 24.1 Å². The summed E-state index contributed by atoms with van der Waals surface area (Å²) in [5.74, 6) is 0.0966. The Hall–Kier alpha value is -2.77. The number of nitrogens with zero attached hydrogens (tertiary/aromatic N) is 2. The van der Waals surface area contributed by atoms with Gasteiger partial charge in [-0.1, -0.05) is 59.6 Å². The molecule has 2 aromatic carbocycles. The highest BCUT2D eigenvalue weighted by Crippen LogP contribution is 2.35. The van der Waals surface area contributed by atoms with Gasteiger partial charge in [-0.3, -0.25) is 4.98 Å². The Balaban J connectivity index is 1.55. The molecule has 31 heavy (non-hydrogen) atoms. The minimum absolute atomic E-state index is 0.236. The fraction of sp³-hybridized carbons (Fsp3) is 0.182. The summed E-state index contributed by atoms with van der Waals surface area (Å²) in [4.78, 5) is 8.59. The zero-order chi connectivity index (χ0) is 22.2. The maximum Gasteiger partial charge on any atom is 0.573 e. The van der Waals surface area contributed by atoms with Crippen LogP contribution in [0.4, 0.5) is 13.2 Å². The Labute approximate surface area is 186 Å². The molecule has 0 saturated heterocycles. The number of aromatic nitrogens is 1. The van der Waals surface area contributed by atoms with Gasteiger partial charge in [0.1, 0.15) is 17.9 Å². The summed E-state index contributed by atoms with van der Waals surface area (Å²) >= 11 is 12.4. The molecule has 1 aliphatic heterocycles. The van der Waals surface area contributed by atoms with E-state index in [1.165, 1.54) is 24.5 Å². The van der Waals surface area contributed by atoms with Gasteiger partial charge < -0.3 is 9.47 Å². The standard InChI is InChI=1S/C22H15Cl2F3N2O2/c1-12-20(29-21(30-12)19-17(23)10-28-11-18(19)24)15-4-2-13(3-5-15)14-6-8-16(9-7-14)31-22(25,26)27/h2-12,20H,1H3/t12-,20-/m0/s1. The van der Waals surface area contributed by atoms with Crippen molar-refractivity contribution in [2.24, 2.45) is 4.99 Å². The maximum absolute atomic E-state index is 12.3. The van der Waals surface area contributed by atoms with Gasteiger partial charge in [0.05, 0.1) is 15.6 Å². The Morgan fingerprint density at radius 2 is 1.45 bits per heavy atom. The number of hydrogen-bond donors (Lipinski definition) is 0. The van der Waals surface area contributed by atoms with Crippen molar-refractivity contribution in [3.8, 4) is 16.9 Å². The fourth-order valence-electron chi connectivity index (χ4n) is 3.31. The van der Waals surface area contributed by atoms with Crippen LogP contribution in [0, 0.1) is 0 Å². The molecule has 0 bridgehead atoms. The quantitative estimate of drug-likeness (QED) is 0.421. The number of pyridine rings is 1. The number of ether oxygens (including phenoxy) is 2. The molecule has 0 fully saturated rings. The third-order valence-corrected chi connectivity index (χ3v) is 5.31. The first kappa shape index (κ1) is 21.5. The number of aliphatic imine (C=N–C) groups is 1. The van der Waals surface area contributed by atoms with Gasteiger partial charge in [0.2, 0.25) is 5.90 Å². The van der Waals surface area contributed by atoms with Crippen LogP contribution >= 0.6 is 23.2 Å². The number of benzene rings is 2. The van der Waals surface area contributed by atoms with Gasteiger partial charge in [-0.05, 0) is 35.7 Å². The van der Waals surface area contributed by atoms with Crippen molar-refractivity contribution >= 4 is 29.1 Å². The SMILES string of the molecule is C[C@@H]1OC(c2c(Cl)cncc2Cl)=N[C@@H]1c1ccc(-c2ccc(OC(F)(F)F)cc2)cc1. The number of hydrogen-bond acceptors (Lipinski definition) is 4. The zero-order valence-electron chi connectivity index (χ0n) is 16.0. The third kappa shape index (κ3) is 4.78. The molecule has 1 aliphatic rings. The van der Waals surface area contributed by atoms with Crippen molar-refractivity contribution in [2.45, 2.75) is 25.4 Å². The average molecular weight is 467 g/mol. The van der Waals surface area contributed by atoms with Gasteiger partial charge in [0, 0.05) is 12.4 Å². The van der Waals surface area contributed by atoms with Crippen molar-refractivity contribution in [3.05, 3.63) is 82.1 Å². The van der Waals surface area contributed by atoms with Crippen molar-refractivity contribution < 1.29 is 22.6 Å². The van der Waals surface area contributed by atoms with Crippen LogP contribution in [0.25, 0.3) is 11.1 Å². The van der Waals surface area contributed by atoms with E-state index in [0.717, 1.165) is 16.7 Å². The topological polar surface area (TPSA) is 43.7 Å². The molecule has 1 aromatic heterocycles. The minimum atomic E-state index is -4.71. The lowest BCUT2D eigenvalue weighted by Gasteiger charge is -2.14. The van der Waals surface area contributed by atoms with Crippen LogP contribution in [-0.2, 0) is 4.74 Å². The molecule has 0 radical (unpaired) electrons. The largest absolute Gasteiger partial charge is 0.573 e. The maximum atomic E-state index is 12.3. The average Bonchev–Trinajstić information content (AvgIpc) is 3.08. The first-order valence-corrected chi connectivity index (χ1v) is 9.97. The molecular formula is C22H15Cl2F3N2O2. The van der Waals surface area contributed by atoms with Crippen LogP contribution in [0.5, 0.6) is 5.75 Å². The molecule has 160 valence electrons. The predicted octanol–water partition coefficient (Wildman–Crippen LogP) is 6.86. The van der Waals surface area contributed by atoms with E-state index in [2.05, 4.69) is 14.7 Å². The van der Waals surface area contributed by atoms with Crippen LogP contribution < -0.4 is 4.74 Å². The molecule has 4 rings (SSSR count). The normalized spacial score (nSPS) is 18.5. The molecule has 3 aromatic rings. The zero-order valence-corrected chi connectivity index (χ0v) is 17.5. The lowest BCUT2D eigenvalue weighted by atomic mass is 9.99. The van der Waals surface area contributed by atoms with Gasteiger partial charge in [0.15, 0.2) is 0 Å². The van der Waals surface area contributed by atoms with Gasteiger partial charge in [0.25, 0.3) is 0 Å².